The van der Waals surface area contributed by atoms with Crippen LogP contribution in [-0.4, -0.2) is 27.0 Å². The minimum atomic E-state index is -2.84. The molecule has 0 amide bonds. The highest BCUT2D eigenvalue weighted by atomic mass is 32.2. The summed E-state index contributed by atoms with van der Waals surface area (Å²) in [6.45, 7) is 4.94. The minimum Gasteiger partial charge on any atom is -0.310 e. The first-order chi connectivity index (χ1) is 8.42. The van der Waals surface area contributed by atoms with Gasteiger partial charge in [-0.2, -0.15) is 0 Å². The van der Waals surface area contributed by atoms with Crippen molar-refractivity contribution in [2.45, 2.75) is 32.7 Å². The molecule has 0 aliphatic heterocycles. The first-order valence-corrected chi connectivity index (χ1v) is 8.46. The maximum Gasteiger partial charge on any atom is 0.147 e. The monoisotopic (exact) mass is 269 g/mol. The molecule has 18 heavy (non-hydrogen) atoms. The van der Waals surface area contributed by atoms with E-state index in [1.165, 1.54) is 17.4 Å². The van der Waals surface area contributed by atoms with Gasteiger partial charge in [-0.25, -0.2) is 8.42 Å². The van der Waals surface area contributed by atoms with E-state index in [9.17, 15) is 8.42 Å². The lowest BCUT2D eigenvalue weighted by atomic mass is 10.0. The van der Waals surface area contributed by atoms with Crippen LogP contribution in [0.3, 0.4) is 0 Å². The Morgan fingerprint density at radius 1 is 1.22 bits per heavy atom. The van der Waals surface area contributed by atoms with Crippen molar-refractivity contribution in [2.75, 3.05) is 18.6 Å². The first-order valence-electron chi connectivity index (χ1n) is 6.40. The third-order valence-corrected chi connectivity index (χ3v) is 4.00. The van der Waals surface area contributed by atoms with E-state index in [-0.39, 0.29) is 5.75 Å². The lowest BCUT2D eigenvalue weighted by molar-refractivity contribution is 0.516. The third kappa shape index (κ3) is 5.65. The van der Waals surface area contributed by atoms with Crippen LogP contribution in [0.4, 0.5) is 0 Å². The quantitative estimate of drug-likeness (QED) is 0.774. The van der Waals surface area contributed by atoms with E-state index >= 15 is 0 Å². The van der Waals surface area contributed by atoms with Gasteiger partial charge in [0.1, 0.15) is 9.84 Å². The Morgan fingerprint density at radius 2 is 1.83 bits per heavy atom. The molecule has 1 atom stereocenters. The molecule has 102 valence electrons. The molecule has 0 spiro atoms. The van der Waals surface area contributed by atoms with Crippen LogP contribution in [-0.2, 0) is 9.84 Å². The molecule has 0 saturated carbocycles. The van der Waals surface area contributed by atoms with Gasteiger partial charge in [-0.3, -0.25) is 0 Å². The Hall–Kier alpha value is -0.870. The van der Waals surface area contributed by atoms with E-state index in [4.69, 9.17) is 0 Å². The molecular formula is C14H23NO2S. The van der Waals surface area contributed by atoms with Gasteiger partial charge in [0.25, 0.3) is 0 Å². The van der Waals surface area contributed by atoms with Crippen molar-refractivity contribution < 1.29 is 8.42 Å². The summed E-state index contributed by atoms with van der Waals surface area (Å²) in [4.78, 5) is 0. The Kier molecular flexibility index (Phi) is 5.82. The predicted octanol–water partition coefficient (Wildman–Crippen LogP) is 2.47. The number of rotatable bonds is 7. The fourth-order valence-electron chi connectivity index (χ4n) is 1.91. The number of aryl methyl sites for hydroxylation is 1. The van der Waals surface area contributed by atoms with Crippen molar-refractivity contribution >= 4 is 9.84 Å². The molecule has 0 fully saturated rings. The van der Waals surface area contributed by atoms with E-state index in [0.717, 1.165) is 13.0 Å². The van der Waals surface area contributed by atoms with E-state index in [1.807, 2.05) is 0 Å². The zero-order valence-corrected chi connectivity index (χ0v) is 12.3. The zero-order chi connectivity index (χ0) is 13.6. The van der Waals surface area contributed by atoms with Crippen LogP contribution in [0, 0.1) is 6.92 Å². The summed E-state index contributed by atoms with van der Waals surface area (Å²) in [7, 11) is -2.84. The molecule has 1 unspecified atom stereocenters. The summed E-state index contributed by atoms with van der Waals surface area (Å²) in [6.07, 6.45) is 2.95. The predicted molar refractivity (Wildman–Crippen MR) is 76.5 cm³/mol. The largest absolute Gasteiger partial charge is 0.310 e. The standard InChI is InChI=1S/C14H23NO2S/c1-4-14(13-8-6-12(2)7-9-13)15-10-5-11-18(3,16)17/h6-9,14-15H,4-5,10-11H2,1-3H3. The van der Waals surface area contributed by atoms with E-state index in [1.54, 1.807) is 0 Å². The third-order valence-electron chi connectivity index (χ3n) is 2.97. The summed E-state index contributed by atoms with van der Waals surface area (Å²) >= 11 is 0. The highest BCUT2D eigenvalue weighted by molar-refractivity contribution is 7.90. The number of benzene rings is 1. The Bertz CT molecular complexity index is 451. The van der Waals surface area contributed by atoms with Crippen LogP contribution in [0.15, 0.2) is 24.3 Å². The van der Waals surface area contributed by atoms with Crippen molar-refractivity contribution in [1.82, 2.24) is 5.32 Å². The molecule has 4 heteroatoms. The van der Waals surface area contributed by atoms with Gasteiger partial charge in [-0.15, -0.1) is 0 Å². The van der Waals surface area contributed by atoms with Crippen molar-refractivity contribution in [3.63, 3.8) is 0 Å². The van der Waals surface area contributed by atoms with Gasteiger partial charge in [0.05, 0.1) is 5.75 Å². The summed E-state index contributed by atoms with van der Waals surface area (Å²) in [6, 6.07) is 8.79. The van der Waals surface area contributed by atoms with Crippen molar-refractivity contribution in [1.29, 1.82) is 0 Å². The Balaban J connectivity index is 2.45. The number of sulfone groups is 1. The normalized spacial score (nSPS) is 13.5. The first kappa shape index (κ1) is 15.2. The molecule has 0 aromatic heterocycles. The van der Waals surface area contributed by atoms with Crippen LogP contribution < -0.4 is 5.32 Å². The molecule has 0 radical (unpaired) electrons. The molecule has 0 aliphatic carbocycles. The molecule has 0 aliphatic rings. The highest BCUT2D eigenvalue weighted by Crippen LogP contribution is 2.16. The number of hydrogen-bond acceptors (Lipinski definition) is 3. The molecule has 1 N–H and O–H groups in total. The summed E-state index contributed by atoms with van der Waals surface area (Å²) < 4.78 is 22.1. The van der Waals surface area contributed by atoms with Crippen LogP contribution in [0.2, 0.25) is 0 Å². The molecule has 0 bridgehead atoms. The second-order valence-corrected chi connectivity index (χ2v) is 7.07. The van der Waals surface area contributed by atoms with Crippen molar-refractivity contribution in [3.05, 3.63) is 35.4 Å². The molecule has 1 rings (SSSR count). The van der Waals surface area contributed by atoms with Crippen molar-refractivity contribution in [3.8, 4) is 0 Å². The average molecular weight is 269 g/mol. The van der Waals surface area contributed by atoms with E-state index in [2.05, 4.69) is 43.4 Å². The summed E-state index contributed by atoms with van der Waals surface area (Å²) in [5.74, 6) is 0.254. The lowest BCUT2D eigenvalue weighted by Crippen LogP contribution is -2.23. The van der Waals surface area contributed by atoms with Gasteiger partial charge in [0.2, 0.25) is 0 Å². The smallest absolute Gasteiger partial charge is 0.147 e. The lowest BCUT2D eigenvalue weighted by Gasteiger charge is -2.17. The molecule has 0 heterocycles. The average Bonchev–Trinajstić information content (AvgIpc) is 2.29. The SMILES string of the molecule is CCC(NCCCS(C)(=O)=O)c1ccc(C)cc1. The molecule has 3 nitrogen and oxygen atoms in total. The van der Waals surface area contributed by atoms with Crippen LogP contribution in [0.1, 0.15) is 36.9 Å². The van der Waals surface area contributed by atoms with Gasteiger partial charge >= 0.3 is 0 Å². The highest BCUT2D eigenvalue weighted by Gasteiger charge is 2.08. The molecule has 0 saturated heterocycles. The zero-order valence-electron chi connectivity index (χ0n) is 11.4. The molecule has 1 aromatic rings. The fraction of sp³-hybridized carbons (Fsp3) is 0.571. The number of hydrogen-bond donors (Lipinski definition) is 1. The number of nitrogens with one attached hydrogen (secondary N) is 1. The van der Waals surface area contributed by atoms with Crippen molar-refractivity contribution in [2.24, 2.45) is 0 Å². The molecular weight excluding hydrogens is 246 g/mol. The maximum atomic E-state index is 11.0. The van der Waals surface area contributed by atoms with Crippen LogP contribution in [0.5, 0.6) is 0 Å². The van der Waals surface area contributed by atoms with Crippen LogP contribution in [0.25, 0.3) is 0 Å². The molecule has 1 aromatic carbocycles. The van der Waals surface area contributed by atoms with E-state index in [0.29, 0.717) is 12.5 Å². The van der Waals surface area contributed by atoms with Gasteiger partial charge in [0, 0.05) is 12.3 Å². The minimum absolute atomic E-state index is 0.254. The van der Waals surface area contributed by atoms with Gasteiger partial charge in [-0.05, 0) is 31.9 Å². The van der Waals surface area contributed by atoms with Crippen LogP contribution >= 0.6 is 0 Å². The second-order valence-electron chi connectivity index (χ2n) is 4.81. The van der Waals surface area contributed by atoms with Gasteiger partial charge in [0.15, 0.2) is 0 Å². The Morgan fingerprint density at radius 3 is 2.33 bits per heavy atom. The van der Waals surface area contributed by atoms with Gasteiger partial charge < -0.3 is 5.32 Å². The summed E-state index contributed by atoms with van der Waals surface area (Å²) in [5, 5.41) is 3.41. The maximum absolute atomic E-state index is 11.0. The summed E-state index contributed by atoms with van der Waals surface area (Å²) in [5.41, 5.74) is 2.52. The van der Waals surface area contributed by atoms with Gasteiger partial charge in [-0.1, -0.05) is 36.8 Å². The van der Waals surface area contributed by atoms with E-state index < -0.39 is 9.84 Å². The Labute approximate surface area is 111 Å². The second kappa shape index (κ2) is 6.90. The topological polar surface area (TPSA) is 46.2 Å². The fourth-order valence-corrected chi connectivity index (χ4v) is 2.58.